The molecule has 3 rings (SSSR count). The first-order valence-corrected chi connectivity index (χ1v) is 6.42. The van der Waals surface area contributed by atoms with E-state index >= 15 is 0 Å². The number of hydrogen-bond acceptors (Lipinski definition) is 2. The Bertz CT molecular complexity index is 750. The van der Waals surface area contributed by atoms with Crippen molar-refractivity contribution in [3.8, 4) is 11.5 Å². The summed E-state index contributed by atoms with van der Waals surface area (Å²) < 4.78 is 19.6. The van der Waals surface area contributed by atoms with Crippen molar-refractivity contribution >= 4 is 10.8 Å². The molecule has 2 N–H and O–H groups in total. The molecule has 3 heteroatoms. The van der Waals surface area contributed by atoms with E-state index < -0.39 is 5.82 Å². The number of rotatable bonds is 3. The molecule has 0 bridgehead atoms. The van der Waals surface area contributed by atoms with Gasteiger partial charge in [0.1, 0.15) is 5.75 Å². The summed E-state index contributed by atoms with van der Waals surface area (Å²) in [7, 11) is 0. The minimum Gasteiger partial charge on any atom is -0.454 e. The highest BCUT2D eigenvalue weighted by molar-refractivity contribution is 5.88. The van der Waals surface area contributed by atoms with Gasteiger partial charge in [0, 0.05) is 11.9 Å². The van der Waals surface area contributed by atoms with Gasteiger partial charge in [-0.3, -0.25) is 0 Å². The van der Waals surface area contributed by atoms with Crippen LogP contribution in [0.5, 0.6) is 11.5 Å². The third kappa shape index (κ3) is 2.36. The highest BCUT2D eigenvalue weighted by Gasteiger charge is 2.08. The standard InChI is InChI=1S/C17H14FNO/c18-15-10-12(11-19)8-9-17(15)20-16-7-3-5-13-4-1-2-6-14(13)16/h1-10H,11,19H2. The quantitative estimate of drug-likeness (QED) is 0.770. The topological polar surface area (TPSA) is 35.2 Å². The summed E-state index contributed by atoms with van der Waals surface area (Å²) in [6, 6.07) is 18.3. The number of hydrogen-bond donors (Lipinski definition) is 1. The normalized spacial score (nSPS) is 10.7. The first-order chi connectivity index (χ1) is 9.78. The number of nitrogens with two attached hydrogens (primary N) is 1. The molecule has 0 spiro atoms. The molecule has 0 unspecified atom stereocenters. The number of halogens is 1. The third-order valence-electron chi connectivity index (χ3n) is 3.20. The molecule has 2 nitrogen and oxygen atoms in total. The minimum atomic E-state index is -0.402. The summed E-state index contributed by atoms with van der Waals surface area (Å²) in [5, 5.41) is 2.02. The van der Waals surface area contributed by atoms with Crippen LogP contribution in [0.4, 0.5) is 4.39 Å². The maximum absolute atomic E-state index is 13.9. The maximum atomic E-state index is 13.9. The fourth-order valence-corrected chi connectivity index (χ4v) is 2.16. The van der Waals surface area contributed by atoms with Crippen molar-refractivity contribution in [1.82, 2.24) is 0 Å². The van der Waals surface area contributed by atoms with Crippen molar-refractivity contribution < 1.29 is 9.13 Å². The Labute approximate surface area is 116 Å². The van der Waals surface area contributed by atoms with Crippen molar-refractivity contribution in [3.05, 3.63) is 72.0 Å². The second-order valence-corrected chi connectivity index (χ2v) is 4.55. The van der Waals surface area contributed by atoms with Crippen LogP contribution < -0.4 is 10.5 Å². The zero-order chi connectivity index (χ0) is 13.9. The van der Waals surface area contributed by atoms with Crippen molar-refractivity contribution in [2.75, 3.05) is 0 Å². The van der Waals surface area contributed by atoms with Gasteiger partial charge in [-0.2, -0.15) is 0 Å². The maximum Gasteiger partial charge on any atom is 0.166 e. The predicted molar refractivity (Wildman–Crippen MR) is 78.3 cm³/mol. The summed E-state index contributed by atoms with van der Waals surface area (Å²) in [5.41, 5.74) is 6.23. The molecule has 20 heavy (non-hydrogen) atoms. The molecule has 0 atom stereocenters. The fraction of sp³-hybridized carbons (Fsp3) is 0.0588. The number of ether oxygens (including phenoxy) is 1. The molecule has 100 valence electrons. The minimum absolute atomic E-state index is 0.207. The monoisotopic (exact) mass is 267 g/mol. The zero-order valence-electron chi connectivity index (χ0n) is 10.8. The van der Waals surface area contributed by atoms with Crippen LogP contribution in [-0.2, 0) is 6.54 Å². The molecular weight excluding hydrogens is 253 g/mol. The molecule has 0 aliphatic carbocycles. The van der Waals surface area contributed by atoms with Crippen molar-refractivity contribution in [2.24, 2.45) is 5.73 Å². The Kier molecular flexibility index (Phi) is 3.35. The number of fused-ring (bicyclic) bond motifs is 1. The summed E-state index contributed by atoms with van der Waals surface area (Å²) >= 11 is 0. The van der Waals surface area contributed by atoms with Gasteiger partial charge >= 0.3 is 0 Å². The molecule has 0 saturated carbocycles. The van der Waals surface area contributed by atoms with Crippen LogP contribution in [0.15, 0.2) is 60.7 Å². The molecule has 0 radical (unpaired) electrons. The Balaban J connectivity index is 2.01. The van der Waals surface area contributed by atoms with Gasteiger partial charge in [-0.25, -0.2) is 4.39 Å². The summed E-state index contributed by atoms with van der Waals surface area (Å²) in [5.74, 6) is 0.446. The van der Waals surface area contributed by atoms with Gasteiger partial charge in [-0.1, -0.05) is 42.5 Å². The van der Waals surface area contributed by atoms with Crippen LogP contribution in [0.1, 0.15) is 5.56 Å². The van der Waals surface area contributed by atoms with E-state index in [9.17, 15) is 4.39 Å². The van der Waals surface area contributed by atoms with Gasteiger partial charge in [0.05, 0.1) is 0 Å². The van der Waals surface area contributed by atoms with E-state index in [0.717, 1.165) is 16.3 Å². The van der Waals surface area contributed by atoms with Crippen LogP contribution in [0.3, 0.4) is 0 Å². The molecular formula is C17H14FNO. The summed E-state index contributed by atoms with van der Waals surface area (Å²) in [6.45, 7) is 0.311. The molecule has 0 aromatic heterocycles. The van der Waals surface area contributed by atoms with Crippen LogP contribution >= 0.6 is 0 Å². The van der Waals surface area contributed by atoms with Crippen molar-refractivity contribution in [3.63, 3.8) is 0 Å². The summed E-state index contributed by atoms with van der Waals surface area (Å²) in [4.78, 5) is 0. The van der Waals surface area contributed by atoms with Gasteiger partial charge in [0.25, 0.3) is 0 Å². The van der Waals surface area contributed by atoms with E-state index in [1.807, 2.05) is 42.5 Å². The Morgan fingerprint density at radius 2 is 1.70 bits per heavy atom. The van der Waals surface area contributed by atoms with E-state index in [0.29, 0.717) is 12.3 Å². The second kappa shape index (κ2) is 5.31. The Hall–Kier alpha value is -2.39. The van der Waals surface area contributed by atoms with E-state index in [2.05, 4.69) is 0 Å². The Morgan fingerprint density at radius 1 is 0.900 bits per heavy atom. The predicted octanol–water partition coefficient (Wildman–Crippen LogP) is 4.23. The molecule has 0 aliphatic rings. The lowest BCUT2D eigenvalue weighted by Gasteiger charge is -2.10. The average molecular weight is 267 g/mol. The smallest absolute Gasteiger partial charge is 0.166 e. The van der Waals surface area contributed by atoms with Gasteiger partial charge in [-0.05, 0) is 29.1 Å². The van der Waals surface area contributed by atoms with Crippen LogP contribution in [0, 0.1) is 5.82 Å². The summed E-state index contributed by atoms with van der Waals surface area (Å²) in [6.07, 6.45) is 0. The van der Waals surface area contributed by atoms with E-state index in [4.69, 9.17) is 10.5 Å². The second-order valence-electron chi connectivity index (χ2n) is 4.55. The van der Waals surface area contributed by atoms with E-state index in [1.54, 1.807) is 12.1 Å². The molecule has 3 aromatic rings. The van der Waals surface area contributed by atoms with Crippen LogP contribution in [-0.4, -0.2) is 0 Å². The highest BCUT2D eigenvalue weighted by Crippen LogP contribution is 2.31. The SMILES string of the molecule is NCc1ccc(Oc2cccc3ccccc23)c(F)c1. The highest BCUT2D eigenvalue weighted by atomic mass is 19.1. The average Bonchev–Trinajstić information content (AvgIpc) is 2.49. The largest absolute Gasteiger partial charge is 0.454 e. The van der Waals surface area contributed by atoms with Crippen LogP contribution in [0.25, 0.3) is 10.8 Å². The Morgan fingerprint density at radius 3 is 2.50 bits per heavy atom. The molecule has 3 aromatic carbocycles. The lowest BCUT2D eigenvalue weighted by atomic mass is 10.1. The van der Waals surface area contributed by atoms with Gasteiger partial charge in [-0.15, -0.1) is 0 Å². The van der Waals surface area contributed by atoms with Gasteiger partial charge in [0.2, 0.25) is 0 Å². The molecule has 0 aliphatic heterocycles. The fourth-order valence-electron chi connectivity index (χ4n) is 2.16. The van der Waals surface area contributed by atoms with Crippen LogP contribution in [0.2, 0.25) is 0 Å². The molecule has 0 amide bonds. The first kappa shape index (κ1) is 12.6. The zero-order valence-corrected chi connectivity index (χ0v) is 10.8. The van der Waals surface area contributed by atoms with Crippen molar-refractivity contribution in [2.45, 2.75) is 6.54 Å². The van der Waals surface area contributed by atoms with Gasteiger partial charge in [0.15, 0.2) is 11.6 Å². The number of benzene rings is 3. The third-order valence-corrected chi connectivity index (χ3v) is 3.20. The molecule has 0 heterocycles. The lowest BCUT2D eigenvalue weighted by molar-refractivity contribution is 0.446. The van der Waals surface area contributed by atoms with E-state index in [-0.39, 0.29) is 5.75 Å². The molecule has 0 saturated heterocycles. The lowest BCUT2D eigenvalue weighted by Crippen LogP contribution is -1.97. The molecule has 0 fully saturated rings. The van der Waals surface area contributed by atoms with Gasteiger partial charge < -0.3 is 10.5 Å². The van der Waals surface area contributed by atoms with E-state index in [1.165, 1.54) is 6.07 Å². The first-order valence-electron chi connectivity index (χ1n) is 6.42. The van der Waals surface area contributed by atoms with Crippen molar-refractivity contribution in [1.29, 1.82) is 0 Å².